The lowest BCUT2D eigenvalue weighted by Gasteiger charge is -2.26. The SMILES string of the molecule is CC(C)(C)OC(=O)CCCCN(CCCCN(CCCNC(=O)OCC1c2ccccc2-c2ccccc21)C(=O)OCC1c2ccccc2-c2ccccc21)C(=O)OCC1c2ccccc2-c2ccccc21. The summed E-state index contributed by atoms with van der Waals surface area (Å²) in [6.07, 6.45) is 1.67. The first-order valence-corrected chi connectivity index (χ1v) is 25.5. The van der Waals surface area contributed by atoms with Crippen molar-refractivity contribution in [2.45, 2.75) is 82.7 Å². The lowest BCUT2D eigenvalue weighted by molar-refractivity contribution is -0.154. The number of hydrogen-bond acceptors (Lipinski definition) is 8. The van der Waals surface area contributed by atoms with Crippen molar-refractivity contribution in [3.05, 3.63) is 179 Å². The lowest BCUT2D eigenvalue weighted by Crippen LogP contribution is -2.37. The summed E-state index contributed by atoms with van der Waals surface area (Å²) in [5.41, 5.74) is 13.2. The molecule has 6 aromatic carbocycles. The van der Waals surface area contributed by atoms with Crippen molar-refractivity contribution < 1.29 is 38.1 Å². The molecule has 1 N–H and O–H groups in total. The zero-order valence-corrected chi connectivity index (χ0v) is 41.6. The number of unbranched alkanes of at least 4 members (excludes halogenated alkanes) is 2. The number of carbonyl (C=O) groups is 4. The first kappa shape index (κ1) is 49.6. The van der Waals surface area contributed by atoms with Gasteiger partial charge in [-0.1, -0.05) is 146 Å². The monoisotopic (exact) mass is 967 g/mol. The van der Waals surface area contributed by atoms with E-state index in [-0.39, 0.29) is 50.0 Å². The van der Waals surface area contributed by atoms with Crippen LogP contribution in [0.15, 0.2) is 146 Å². The Kier molecular flexibility index (Phi) is 15.7. The van der Waals surface area contributed by atoms with Crippen LogP contribution in [-0.2, 0) is 23.7 Å². The number of benzene rings is 6. The van der Waals surface area contributed by atoms with Crippen LogP contribution in [0, 0.1) is 0 Å². The van der Waals surface area contributed by atoms with Gasteiger partial charge in [-0.05, 0) is 120 Å². The largest absolute Gasteiger partial charge is 0.460 e. The van der Waals surface area contributed by atoms with Crippen LogP contribution in [0.5, 0.6) is 0 Å². The molecule has 9 rings (SSSR count). The summed E-state index contributed by atoms with van der Waals surface area (Å²) in [5, 5.41) is 2.90. The molecular weight excluding hydrogens is 903 g/mol. The molecule has 0 saturated carbocycles. The zero-order valence-electron chi connectivity index (χ0n) is 41.6. The molecule has 0 radical (unpaired) electrons. The number of fused-ring (bicyclic) bond motifs is 9. The summed E-state index contributed by atoms with van der Waals surface area (Å²) in [6.45, 7) is 7.93. The molecule has 11 heteroatoms. The minimum Gasteiger partial charge on any atom is -0.460 e. The smallest absolute Gasteiger partial charge is 0.409 e. The maximum Gasteiger partial charge on any atom is 0.409 e. The molecular formula is C61H65N3O8. The first-order chi connectivity index (χ1) is 35.0. The topological polar surface area (TPSA) is 124 Å². The molecule has 0 aromatic heterocycles. The molecule has 11 nitrogen and oxygen atoms in total. The Morgan fingerprint density at radius 1 is 0.431 bits per heavy atom. The Hall–Kier alpha value is -7.40. The first-order valence-electron chi connectivity index (χ1n) is 25.5. The Morgan fingerprint density at radius 3 is 1.08 bits per heavy atom. The van der Waals surface area contributed by atoms with Gasteiger partial charge in [-0.2, -0.15) is 0 Å². The van der Waals surface area contributed by atoms with Gasteiger partial charge in [0.05, 0.1) is 0 Å². The minimum atomic E-state index is -0.572. The van der Waals surface area contributed by atoms with Gasteiger partial charge in [0.1, 0.15) is 25.4 Å². The fourth-order valence-electron chi connectivity index (χ4n) is 10.6. The number of hydrogen-bond donors (Lipinski definition) is 1. The van der Waals surface area contributed by atoms with Crippen molar-refractivity contribution in [2.24, 2.45) is 0 Å². The third kappa shape index (κ3) is 11.5. The van der Waals surface area contributed by atoms with E-state index >= 15 is 0 Å². The molecule has 72 heavy (non-hydrogen) atoms. The number of rotatable bonds is 20. The van der Waals surface area contributed by atoms with E-state index in [1.807, 2.05) is 93.6 Å². The predicted octanol–water partition coefficient (Wildman–Crippen LogP) is 12.7. The van der Waals surface area contributed by atoms with Gasteiger partial charge in [-0.15, -0.1) is 0 Å². The Labute approximate surface area is 423 Å². The predicted molar refractivity (Wildman–Crippen MR) is 280 cm³/mol. The summed E-state index contributed by atoms with van der Waals surface area (Å²) in [4.78, 5) is 57.2. The van der Waals surface area contributed by atoms with Crippen molar-refractivity contribution in [1.29, 1.82) is 0 Å². The van der Waals surface area contributed by atoms with Crippen molar-refractivity contribution in [3.8, 4) is 33.4 Å². The van der Waals surface area contributed by atoms with Crippen LogP contribution in [0.4, 0.5) is 14.4 Å². The van der Waals surface area contributed by atoms with Gasteiger partial charge >= 0.3 is 24.2 Å². The third-order valence-electron chi connectivity index (χ3n) is 14.0. The third-order valence-corrected chi connectivity index (χ3v) is 14.0. The van der Waals surface area contributed by atoms with Crippen molar-refractivity contribution >= 4 is 24.2 Å². The molecule has 3 aliphatic rings. The van der Waals surface area contributed by atoms with Crippen molar-refractivity contribution in [3.63, 3.8) is 0 Å². The van der Waals surface area contributed by atoms with E-state index in [4.69, 9.17) is 18.9 Å². The number of alkyl carbamates (subject to hydrolysis) is 1. The molecule has 0 atom stereocenters. The summed E-state index contributed by atoms with van der Waals surface area (Å²) < 4.78 is 23.6. The lowest BCUT2D eigenvalue weighted by atomic mass is 9.98. The highest BCUT2D eigenvalue weighted by Gasteiger charge is 2.33. The van der Waals surface area contributed by atoms with Crippen LogP contribution in [0.3, 0.4) is 0 Å². The molecule has 3 amide bonds. The molecule has 3 aliphatic carbocycles. The summed E-state index contributed by atoms with van der Waals surface area (Å²) >= 11 is 0. The van der Waals surface area contributed by atoms with Gasteiger partial charge in [0.2, 0.25) is 0 Å². The van der Waals surface area contributed by atoms with Gasteiger partial charge in [0, 0.05) is 56.9 Å². The summed E-state index contributed by atoms with van der Waals surface area (Å²) in [5.74, 6) is -0.499. The molecule has 0 aliphatic heterocycles. The molecule has 0 spiro atoms. The Bertz CT molecular complexity index is 2750. The highest BCUT2D eigenvalue weighted by atomic mass is 16.6. The van der Waals surface area contributed by atoms with E-state index in [0.717, 1.165) is 66.8 Å². The van der Waals surface area contributed by atoms with Gasteiger partial charge in [-0.3, -0.25) is 4.79 Å². The van der Waals surface area contributed by atoms with E-state index in [1.165, 1.54) is 0 Å². The highest BCUT2D eigenvalue weighted by molar-refractivity contribution is 5.81. The van der Waals surface area contributed by atoms with Crippen LogP contribution in [0.2, 0.25) is 0 Å². The number of ether oxygens (including phenoxy) is 4. The number of esters is 1. The van der Waals surface area contributed by atoms with E-state index < -0.39 is 23.9 Å². The van der Waals surface area contributed by atoms with Gasteiger partial charge in [-0.25, -0.2) is 14.4 Å². The van der Waals surface area contributed by atoms with Gasteiger partial charge in [0.25, 0.3) is 0 Å². The number of amides is 3. The Balaban J connectivity index is 0.822. The summed E-state index contributed by atoms with van der Waals surface area (Å²) in [7, 11) is 0. The fourth-order valence-corrected chi connectivity index (χ4v) is 10.6. The van der Waals surface area contributed by atoms with Crippen LogP contribution in [0.1, 0.15) is 110 Å². The van der Waals surface area contributed by atoms with Crippen LogP contribution in [0.25, 0.3) is 33.4 Å². The van der Waals surface area contributed by atoms with Crippen LogP contribution >= 0.6 is 0 Å². The minimum absolute atomic E-state index is 0.0514. The van der Waals surface area contributed by atoms with E-state index in [2.05, 4.69) is 78.1 Å². The standard InChI is InChI=1S/C61H65N3O8/c1-61(2,3)72-57(65)33-16-17-35-63(59(67)70-40-55-50-29-12-6-23-44(50)45-24-7-13-30-51(45)55)36-18-19-37-64(60(68)71-41-56-52-31-14-8-25-46(52)47-26-9-15-32-53(47)56)38-20-34-62-58(66)69-39-54-48-27-10-4-21-42(48)43-22-5-11-28-49(43)54/h4-15,21-32,54-56H,16-20,33-41H2,1-3H3,(H,62,66). The van der Waals surface area contributed by atoms with Crippen molar-refractivity contribution in [1.82, 2.24) is 15.1 Å². The zero-order chi connectivity index (χ0) is 50.0. The molecule has 0 fully saturated rings. The average molecular weight is 968 g/mol. The van der Waals surface area contributed by atoms with Gasteiger partial charge < -0.3 is 34.1 Å². The fraction of sp³-hybridized carbons (Fsp3) is 0.344. The van der Waals surface area contributed by atoms with Crippen LogP contribution < -0.4 is 5.32 Å². The van der Waals surface area contributed by atoms with Crippen molar-refractivity contribution in [2.75, 3.05) is 52.5 Å². The molecule has 372 valence electrons. The van der Waals surface area contributed by atoms with E-state index in [0.29, 0.717) is 64.8 Å². The molecule has 0 unspecified atom stereocenters. The quantitative estimate of drug-likeness (QED) is 0.0456. The number of nitrogens with zero attached hydrogens (tertiary/aromatic N) is 2. The second-order valence-electron chi connectivity index (χ2n) is 19.9. The molecule has 0 saturated heterocycles. The highest BCUT2D eigenvalue weighted by Crippen LogP contribution is 2.47. The van der Waals surface area contributed by atoms with E-state index in [9.17, 15) is 19.2 Å². The summed E-state index contributed by atoms with van der Waals surface area (Å²) in [6, 6.07) is 49.5. The normalized spacial score (nSPS) is 13.2. The maximum absolute atomic E-state index is 14.1. The molecule has 6 aromatic rings. The second-order valence-corrected chi connectivity index (χ2v) is 19.9. The number of carbonyl (C=O) groups excluding carboxylic acids is 4. The molecule has 0 bridgehead atoms. The van der Waals surface area contributed by atoms with E-state index in [1.54, 1.807) is 9.80 Å². The Morgan fingerprint density at radius 2 is 0.736 bits per heavy atom. The average Bonchev–Trinajstić information content (AvgIpc) is 4.01. The second kappa shape index (κ2) is 22.8. The maximum atomic E-state index is 14.1. The number of nitrogens with one attached hydrogen (secondary N) is 1. The molecule has 0 heterocycles. The van der Waals surface area contributed by atoms with Gasteiger partial charge in [0.15, 0.2) is 0 Å². The van der Waals surface area contributed by atoms with Crippen LogP contribution in [-0.4, -0.2) is 92.2 Å².